The smallest absolute Gasteiger partial charge is 0.307 e. The summed E-state index contributed by atoms with van der Waals surface area (Å²) in [4.78, 5) is 25.1. The van der Waals surface area contributed by atoms with Crippen molar-refractivity contribution in [1.82, 2.24) is 0 Å². The Labute approximate surface area is 185 Å². The molecule has 2 atom stereocenters. The van der Waals surface area contributed by atoms with Crippen LogP contribution in [0, 0.1) is 0 Å². The SMILES string of the molecule is COc1cc(OC)c2c(c1)[C@@]1(CCC(=O)O1)[C@@]1(CCC(=O)O1)c1cc(OC)cc(OC)c1-2. The summed E-state index contributed by atoms with van der Waals surface area (Å²) in [5, 5.41) is 0. The Hall–Kier alpha value is -3.42. The molecule has 0 bridgehead atoms. The first-order chi connectivity index (χ1) is 15.4. The number of rotatable bonds is 4. The maximum atomic E-state index is 12.5. The van der Waals surface area contributed by atoms with Crippen molar-refractivity contribution in [2.24, 2.45) is 0 Å². The Bertz CT molecular complexity index is 1050. The molecular formula is C24H24O8. The van der Waals surface area contributed by atoms with E-state index in [1.807, 2.05) is 12.1 Å². The first-order valence-corrected chi connectivity index (χ1v) is 10.4. The number of ether oxygens (including phenoxy) is 6. The van der Waals surface area contributed by atoms with E-state index in [1.165, 1.54) is 0 Å². The predicted octanol–water partition coefficient (Wildman–Crippen LogP) is 3.47. The molecule has 0 radical (unpaired) electrons. The molecule has 0 N–H and O–H groups in total. The zero-order chi connectivity index (χ0) is 22.7. The van der Waals surface area contributed by atoms with E-state index in [4.69, 9.17) is 28.4 Å². The van der Waals surface area contributed by atoms with Crippen molar-refractivity contribution in [1.29, 1.82) is 0 Å². The van der Waals surface area contributed by atoms with Gasteiger partial charge < -0.3 is 28.4 Å². The van der Waals surface area contributed by atoms with Crippen molar-refractivity contribution >= 4 is 11.9 Å². The third-order valence-corrected chi connectivity index (χ3v) is 6.77. The maximum absolute atomic E-state index is 12.5. The highest BCUT2D eigenvalue weighted by atomic mass is 16.6. The molecule has 8 nitrogen and oxygen atoms in total. The van der Waals surface area contributed by atoms with Gasteiger partial charge in [0.25, 0.3) is 0 Å². The van der Waals surface area contributed by atoms with Crippen LogP contribution >= 0.6 is 0 Å². The molecule has 3 aliphatic rings. The second-order valence-electron chi connectivity index (χ2n) is 8.11. The molecule has 2 aromatic rings. The van der Waals surface area contributed by atoms with Gasteiger partial charge >= 0.3 is 11.9 Å². The second kappa shape index (κ2) is 7.05. The summed E-state index contributed by atoms with van der Waals surface area (Å²) in [7, 11) is 6.25. The summed E-state index contributed by atoms with van der Waals surface area (Å²) in [5.74, 6) is 1.45. The zero-order valence-corrected chi connectivity index (χ0v) is 18.4. The summed E-state index contributed by atoms with van der Waals surface area (Å²) in [5.41, 5.74) is 0.322. The Balaban J connectivity index is 1.97. The molecule has 1 aliphatic carbocycles. The summed E-state index contributed by atoms with van der Waals surface area (Å²) in [6.07, 6.45) is 1.10. The molecular weight excluding hydrogens is 416 g/mol. The molecule has 32 heavy (non-hydrogen) atoms. The summed E-state index contributed by atoms with van der Waals surface area (Å²) < 4.78 is 34.8. The molecule has 0 aromatic heterocycles. The fourth-order valence-electron chi connectivity index (χ4n) is 5.42. The van der Waals surface area contributed by atoms with Gasteiger partial charge in [-0.3, -0.25) is 9.59 Å². The molecule has 2 heterocycles. The van der Waals surface area contributed by atoms with Crippen molar-refractivity contribution in [3.8, 4) is 34.1 Å². The van der Waals surface area contributed by atoms with Crippen LogP contribution in [0.5, 0.6) is 23.0 Å². The fourth-order valence-corrected chi connectivity index (χ4v) is 5.42. The fraction of sp³-hybridized carbons (Fsp3) is 0.417. The molecule has 0 unspecified atom stereocenters. The van der Waals surface area contributed by atoms with E-state index in [0.29, 0.717) is 58.1 Å². The number of fused-ring (bicyclic) bond motifs is 6. The van der Waals surface area contributed by atoms with Crippen molar-refractivity contribution < 1.29 is 38.0 Å². The summed E-state index contributed by atoms with van der Waals surface area (Å²) in [6.45, 7) is 0. The van der Waals surface area contributed by atoms with Gasteiger partial charge in [0, 0.05) is 60.1 Å². The monoisotopic (exact) mass is 440 g/mol. The van der Waals surface area contributed by atoms with Crippen LogP contribution in [0.4, 0.5) is 0 Å². The van der Waals surface area contributed by atoms with Gasteiger partial charge in [-0.25, -0.2) is 0 Å². The van der Waals surface area contributed by atoms with E-state index in [1.54, 1.807) is 40.6 Å². The molecule has 0 saturated carbocycles. The van der Waals surface area contributed by atoms with E-state index in [0.717, 1.165) is 0 Å². The molecule has 2 aromatic carbocycles. The molecule has 0 amide bonds. The molecule has 2 spiro atoms. The maximum Gasteiger partial charge on any atom is 0.307 e. The Morgan fingerprint density at radius 2 is 1.06 bits per heavy atom. The average molecular weight is 440 g/mol. The lowest BCUT2D eigenvalue weighted by Gasteiger charge is -2.48. The Kier molecular flexibility index (Phi) is 4.51. The normalized spacial score (nSPS) is 25.2. The molecule has 2 saturated heterocycles. The van der Waals surface area contributed by atoms with Crippen molar-refractivity contribution in [2.45, 2.75) is 36.9 Å². The standard InChI is InChI=1S/C24H24O8/c1-27-13-9-15-21(17(11-13)29-3)22-16(10-14(28-2)12-18(22)30-4)24(8-6-20(26)32-24)23(15)7-5-19(25)31-23/h9-12H,5-8H2,1-4H3/t23-,24+. The van der Waals surface area contributed by atoms with Gasteiger partial charge in [-0.2, -0.15) is 0 Å². The molecule has 168 valence electrons. The van der Waals surface area contributed by atoms with E-state index in [2.05, 4.69) is 0 Å². The summed E-state index contributed by atoms with van der Waals surface area (Å²) >= 11 is 0. The molecule has 2 fully saturated rings. The van der Waals surface area contributed by atoms with Gasteiger partial charge in [0.1, 0.15) is 23.0 Å². The second-order valence-corrected chi connectivity index (χ2v) is 8.11. The van der Waals surface area contributed by atoms with Gasteiger partial charge in [0.05, 0.1) is 28.4 Å². The Morgan fingerprint density at radius 3 is 1.34 bits per heavy atom. The molecule has 8 heteroatoms. The average Bonchev–Trinajstić information content (AvgIpc) is 3.40. The minimum atomic E-state index is -1.22. The number of carbonyl (C=O) groups excluding carboxylic acids is 2. The van der Waals surface area contributed by atoms with E-state index in [9.17, 15) is 9.59 Å². The van der Waals surface area contributed by atoms with Gasteiger partial charge in [0.15, 0.2) is 11.2 Å². The van der Waals surface area contributed by atoms with E-state index >= 15 is 0 Å². The van der Waals surface area contributed by atoms with Crippen molar-refractivity contribution in [3.05, 3.63) is 35.4 Å². The molecule has 5 rings (SSSR count). The molecule has 2 aliphatic heterocycles. The van der Waals surface area contributed by atoms with Crippen LogP contribution in [0.15, 0.2) is 24.3 Å². The Morgan fingerprint density at radius 1 is 0.656 bits per heavy atom. The van der Waals surface area contributed by atoms with E-state index < -0.39 is 11.2 Å². The van der Waals surface area contributed by atoms with Crippen LogP contribution in [0.3, 0.4) is 0 Å². The minimum absolute atomic E-state index is 0.203. The number of hydrogen-bond acceptors (Lipinski definition) is 8. The highest BCUT2D eigenvalue weighted by Gasteiger charge is 2.68. The van der Waals surface area contributed by atoms with Gasteiger partial charge in [-0.05, 0) is 12.1 Å². The number of benzene rings is 2. The minimum Gasteiger partial charge on any atom is -0.497 e. The number of hydrogen-bond donors (Lipinski definition) is 0. The van der Waals surface area contributed by atoms with Gasteiger partial charge in [-0.15, -0.1) is 0 Å². The highest BCUT2D eigenvalue weighted by molar-refractivity contribution is 5.90. The van der Waals surface area contributed by atoms with Gasteiger partial charge in [0.2, 0.25) is 0 Å². The zero-order valence-electron chi connectivity index (χ0n) is 18.4. The lowest BCUT2D eigenvalue weighted by atomic mass is 9.62. The van der Waals surface area contributed by atoms with Crippen LogP contribution in [0.25, 0.3) is 11.1 Å². The van der Waals surface area contributed by atoms with Crippen molar-refractivity contribution in [2.75, 3.05) is 28.4 Å². The van der Waals surface area contributed by atoms with Crippen molar-refractivity contribution in [3.63, 3.8) is 0 Å². The third-order valence-electron chi connectivity index (χ3n) is 6.77. The lowest BCUT2D eigenvalue weighted by Crippen LogP contribution is -2.52. The first-order valence-electron chi connectivity index (χ1n) is 10.4. The largest absolute Gasteiger partial charge is 0.497 e. The first kappa shape index (κ1) is 20.5. The number of esters is 2. The predicted molar refractivity (Wildman–Crippen MR) is 112 cm³/mol. The van der Waals surface area contributed by atoms with Crippen LogP contribution in [-0.2, 0) is 30.3 Å². The van der Waals surface area contributed by atoms with Gasteiger partial charge in [-0.1, -0.05) is 0 Å². The van der Waals surface area contributed by atoms with Crippen LogP contribution in [0.1, 0.15) is 36.8 Å². The van der Waals surface area contributed by atoms with Crippen LogP contribution in [-0.4, -0.2) is 40.4 Å². The quantitative estimate of drug-likeness (QED) is 0.668. The van der Waals surface area contributed by atoms with Crippen LogP contribution in [0.2, 0.25) is 0 Å². The lowest BCUT2D eigenvalue weighted by molar-refractivity contribution is -0.198. The number of carbonyl (C=O) groups is 2. The third kappa shape index (κ3) is 2.49. The number of methoxy groups -OCH3 is 4. The summed E-state index contributed by atoms with van der Waals surface area (Å²) in [6, 6.07) is 7.21. The highest BCUT2D eigenvalue weighted by Crippen LogP contribution is 2.66. The topological polar surface area (TPSA) is 89.5 Å². The van der Waals surface area contributed by atoms with Crippen LogP contribution < -0.4 is 18.9 Å². The van der Waals surface area contributed by atoms with E-state index in [-0.39, 0.29) is 24.8 Å².